The molecular weight excluding hydrogens is 500 g/mol. The molecule has 8 nitrogen and oxygen atoms in total. The van der Waals surface area contributed by atoms with Crippen molar-refractivity contribution in [2.45, 2.75) is 18.6 Å². The molecule has 1 unspecified atom stereocenters. The minimum absolute atomic E-state index is 0.141. The van der Waals surface area contributed by atoms with Crippen LogP contribution < -0.4 is 15.5 Å². The summed E-state index contributed by atoms with van der Waals surface area (Å²) < 4.78 is 1.34. The van der Waals surface area contributed by atoms with Gasteiger partial charge < -0.3 is 10.6 Å². The number of hydrogen-bond donors (Lipinski definition) is 2. The Morgan fingerprint density at radius 1 is 0.895 bits per heavy atom. The molecule has 0 aliphatic carbocycles. The Bertz CT molecular complexity index is 1480. The molecule has 2 aliphatic rings. The number of carbonyl (C=O) groups is 4. The highest BCUT2D eigenvalue weighted by molar-refractivity contribution is 8.04. The van der Waals surface area contributed by atoms with Gasteiger partial charge in [-0.1, -0.05) is 48.5 Å². The molecule has 0 saturated carbocycles. The highest BCUT2D eigenvalue weighted by Gasteiger charge is 2.50. The van der Waals surface area contributed by atoms with Gasteiger partial charge >= 0.3 is 11.9 Å². The lowest BCUT2D eigenvalue weighted by Crippen LogP contribution is -2.56. The van der Waals surface area contributed by atoms with Crippen LogP contribution in [0.25, 0.3) is 0 Å². The van der Waals surface area contributed by atoms with Gasteiger partial charge in [0.2, 0.25) is 5.91 Å². The van der Waals surface area contributed by atoms with Gasteiger partial charge in [0, 0.05) is 11.4 Å². The van der Waals surface area contributed by atoms with E-state index in [2.05, 4.69) is 10.6 Å². The zero-order valence-corrected chi connectivity index (χ0v) is 21.4. The number of rotatable bonds is 7. The molecule has 0 aromatic heterocycles. The minimum atomic E-state index is -0.615. The van der Waals surface area contributed by atoms with Crippen LogP contribution >= 0.6 is 11.8 Å². The van der Waals surface area contributed by atoms with Crippen LogP contribution in [0.2, 0.25) is 0 Å². The summed E-state index contributed by atoms with van der Waals surface area (Å²) in [6.45, 7) is 1.66. The van der Waals surface area contributed by atoms with E-state index in [1.807, 2.05) is 55.5 Å². The van der Waals surface area contributed by atoms with Crippen LogP contribution in [0.5, 0.6) is 0 Å². The maximum Gasteiger partial charge on any atom is 0.506 e. The molecule has 5 rings (SSSR count). The van der Waals surface area contributed by atoms with Crippen molar-refractivity contribution in [3.05, 3.63) is 101 Å². The van der Waals surface area contributed by atoms with Crippen LogP contribution in [-0.4, -0.2) is 45.8 Å². The van der Waals surface area contributed by atoms with Gasteiger partial charge in [0.05, 0.1) is 6.42 Å². The highest BCUT2D eigenvalue weighted by Crippen LogP contribution is 2.31. The summed E-state index contributed by atoms with van der Waals surface area (Å²) in [6, 6.07) is 22.7. The molecule has 9 heteroatoms. The van der Waals surface area contributed by atoms with Gasteiger partial charge in [-0.25, -0.2) is 4.79 Å². The number of aryl methyl sites for hydroxylation is 1. The molecule has 1 atom stereocenters. The number of para-hydroxylation sites is 2. The molecule has 0 fully saturated rings. The first-order valence-corrected chi connectivity index (χ1v) is 13.0. The normalized spacial score (nSPS) is 16.4. The van der Waals surface area contributed by atoms with E-state index in [9.17, 15) is 19.2 Å². The molecule has 190 valence electrons. The molecule has 38 heavy (non-hydrogen) atoms. The lowest BCUT2D eigenvalue weighted by molar-refractivity contribution is -0.414. The van der Waals surface area contributed by atoms with Crippen molar-refractivity contribution < 1.29 is 23.8 Å². The standard InChI is InChI=1S/C29H24N4O4S/c1-19-7-5-6-10-23(19)31-26(35)18-32-24-15-16-38-27(24)28(36)33(29(32)37)22-13-11-20(12-14-22)17-25(34)30-21-8-3-2-4-9-21/h2-16,27H,17-18H2,1H3,(H-,30,31,34,35)/p+1. The zero-order chi connectivity index (χ0) is 26.6. The Hall–Kier alpha value is -4.50. The van der Waals surface area contributed by atoms with E-state index in [1.54, 1.807) is 41.8 Å². The third kappa shape index (κ3) is 5.28. The molecular formula is C29H25N4O4S+. The average Bonchev–Trinajstić information content (AvgIpc) is 3.40. The third-order valence-electron chi connectivity index (χ3n) is 6.24. The molecule has 0 radical (unpaired) electrons. The number of thioether (sulfide) groups is 1. The number of benzene rings is 3. The van der Waals surface area contributed by atoms with E-state index in [-0.39, 0.29) is 30.7 Å². The largest absolute Gasteiger partial charge is 0.506 e. The van der Waals surface area contributed by atoms with Crippen LogP contribution in [0.1, 0.15) is 11.1 Å². The average molecular weight is 526 g/mol. The smallest absolute Gasteiger partial charge is 0.326 e. The lowest BCUT2D eigenvalue weighted by atomic mass is 10.1. The number of amides is 5. The molecule has 2 aliphatic heterocycles. The second-order valence-electron chi connectivity index (χ2n) is 8.91. The number of fused-ring (bicyclic) bond motifs is 1. The zero-order valence-electron chi connectivity index (χ0n) is 20.6. The summed E-state index contributed by atoms with van der Waals surface area (Å²) in [4.78, 5) is 53.2. The second kappa shape index (κ2) is 10.9. The summed E-state index contributed by atoms with van der Waals surface area (Å²) in [5, 5.41) is 6.83. The predicted octanol–water partition coefficient (Wildman–Crippen LogP) is 4.36. The Morgan fingerprint density at radius 3 is 2.34 bits per heavy atom. The van der Waals surface area contributed by atoms with Crippen LogP contribution in [0, 0.1) is 6.92 Å². The van der Waals surface area contributed by atoms with E-state index in [1.165, 1.54) is 16.3 Å². The van der Waals surface area contributed by atoms with Crippen LogP contribution in [-0.2, 0) is 20.8 Å². The highest BCUT2D eigenvalue weighted by atomic mass is 32.2. The van der Waals surface area contributed by atoms with Crippen molar-refractivity contribution in [2.75, 3.05) is 22.1 Å². The summed E-state index contributed by atoms with van der Waals surface area (Å²) in [5.74, 6) is -0.906. The van der Waals surface area contributed by atoms with Crippen LogP contribution in [0.15, 0.2) is 90.3 Å². The van der Waals surface area contributed by atoms with E-state index in [0.717, 1.165) is 16.0 Å². The van der Waals surface area contributed by atoms with E-state index in [0.29, 0.717) is 22.8 Å². The predicted molar refractivity (Wildman–Crippen MR) is 149 cm³/mol. The maximum absolute atomic E-state index is 13.5. The lowest BCUT2D eigenvalue weighted by Gasteiger charge is -2.24. The second-order valence-corrected chi connectivity index (χ2v) is 9.92. The number of allylic oxidation sites excluding steroid dienone is 1. The molecule has 3 aromatic rings. The van der Waals surface area contributed by atoms with Crippen molar-refractivity contribution >= 4 is 58.3 Å². The van der Waals surface area contributed by atoms with Gasteiger partial charge in [-0.3, -0.25) is 9.59 Å². The molecule has 5 amide bonds. The Labute approximate surface area is 224 Å². The van der Waals surface area contributed by atoms with Gasteiger partial charge in [-0.05, 0) is 59.9 Å². The van der Waals surface area contributed by atoms with Crippen molar-refractivity contribution in [1.82, 2.24) is 0 Å². The first kappa shape index (κ1) is 25.2. The number of hydrogen-bond acceptors (Lipinski definition) is 5. The van der Waals surface area contributed by atoms with E-state index in [4.69, 9.17) is 0 Å². The molecule has 2 N–H and O–H groups in total. The van der Waals surface area contributed by atoms with Crippen molar-refractivity contribution in [2.24, 2.45) is 0 Å². The van der Waals surface area contributed by atoms with Gasteiger partial charge in [0.25, 0.3) is 5.91 Å². The van der Waals surface area contributed by atoms with Crippen LogP contribution in [0.3, 0.4) is 0 Å². The first-order chi connectivity index (χ1) is 18.4. The number of anilines is 3. The number of nitrogens with zero attached hydrogens (tertiary/aromatic N) is 2. The molecule has 0 spiro atoms. The number of nitrogens with one attached hydrogen (secondary N) is 2. The SMILES string of the molecule is Cc1ccccc1NC(=O)C[N+]1=C2C=CSC2C(=O)N(c2ccc(CC(=O)Nc3ccccc3)cc2)C1=O. The topological polar surface area (TPSA) is 98.6 Å². The van der Waals surface area contributed by atoms with E-state index < -0.39 is 11.3 Å². The summed E-state index contributed by atoms with van der Waals surface area (Å²) in [5.41, 5.74) is 3.89. The molecule has 0 bridgehead atoms. The summed E-state index contributed by atoms with van der Waals surface area (Å²) >= 11 is 1.30. The maximum atomic E-state index is 13.5. The van der Waals surface area contributed by atoms with Gasteiger partial charge in [0.1, 0.15) is 11.4 Å². The van der Waals surface area contributed by atoms with Gasteiger partial charge in [-0.15, -0.1) is 16.7 Å². The Kier molecular flexibility index (Phi) is 7.19. The van der Waals surface area contributed by atoms with Crippen molar-refractivity contribution in [3.8, 4) is 0 Å². The van der Waals surface area contributed by atoms with Gasteiger partial charge in [-0.2, -0.15) is 9.37 Å². The fourth-order valence-corrected chi connectivity index (χ4v) is 5.26. The molecule has 0 saturated heterocycles. The first-order valence-electron chi connectivity index (χ1n) is 12.0. The summed E-state index contributed by atoms with van der Waals surface area (Å²) in [7, 11) is 0. The number of carbonyl (C=O) groups excluding carboxylic acids is 4. The number of urea groups is 1. The fourth-order valence-electron chi connectivity index (χ4n) is 4.32. The van der Waals surface area contributed by atoms with Crippen molar-refractivity contribution in [1.29, 1.82) is 0 Å². The van der Waals surface area contributed by atoms with Gasteiger partial charge in [0.15, 0.2) is 11.8 Å². The monoisotopic (exact) mass is 525 g/mol. The molecule has 3 aromatic carbocycles. The molecule has 2 heterocycles. The third-order valence-corrected chi connectivity index (χ3v) is 7.25. The van der Waals surface area contributed by atoms with E-state index >= 15 is 0 Å². The minimum Gasteiger partial charge on any atom is -0.326 e. The fraction of sp³-hybridized carbons (Fsp3) is 0.138. The Morgan fingerprint density at radius 2 is 1.61 bits per heavy atom. The van der Waals surface area contributed by atoms with Crippen LogP contribution in [0.4, 0.5) is 21.9 Å². The quantitative estimate of drug-likeness (QED) is 0.447. The summed E-state index contributed by atoms with van der Waals surface area (Å²) in [6.07, 6.45) is 1.85. The Balaban J connectivity index is 1.32. The number of imide groups is 1. The van der Waals surface area contributed by atoms with Crippen molar-refractivity contribution in [3.63, 3.8) is 0 Å².